The third kappa shape index (κ3) is 2.30. The molecule has 0 unspecified atom stereocenters. The smallest absolute Gasteiger partial charge is 0.0656 e. The zero-order valence-corrected chi connectivity index (χ0v) is 13.4. The maximum Gasteiger partial charge on any atom is 0.0784 e. The highest BCUT2D eigenvalue weighted by Gasteiger charge is 2.22. The van der Waals surface area contributed by atoms with Crippen LogP contribution in [0.2, 0.25) is 19.6 Å². The van der Waals surface area contributed by atoms with Crippen molar-refractivity contribution in [3.8, 4) is 11.1 Å². The summed E-state index contributed by atoms with van der Waals surface area (Å²) in [6, 6.07) is 24.1. The van der Waals surface area contributed by atoms with E-state index in [1.807, 2.05) is 0 Å². The molecular weight excluding hydrogens is 256 g/mol. The molecule has 0 amide bonds. The van der Waals surface area contributed by atoms with Crippen LogP contribution in [0.1, 0.15) is 0 Å². The molecule has 0 atom stereocenters. The van der Waals surface area contributed by atoms with Gasteiger partial charge in [-0.25, -0.2) is 0 Å². The van der Waals surface area contributed by atoms with Gasteiger partial charge in [0.2, 0.25) is 0 Å². The average molecular weight is 276 g/mol. The molecule has 0 radical (unpaired) electrons. The van der Waals surface area contributed by atoms with Crippen LogP contribution in [-0.4, -0.2) is 8.07 Å². The molecular formula is C19H20Si. The first-order chi connectivity index (χ1) is 9.57. The molecule has 3 aromatic carbocycles. The average Bonchev–Trinajstić information content (AvgIpc) is 2.46. The molecule has 0 nitrogen and oxygen atoms in total. The van der Waals surface area contributed by atoms with Crippen molar-refractivity contribution in [2.75, 3.05) is 0 Å². The van der Waals surface area contributed by atoms with E-state index in [2.05, 4.69) is 86.4 Å². The predicted molar refractivity (Wildman–Crippen MR) is 92.4 cm³/mol. The Morgan fingerprint density at radius 3 is 2.00 bits per heavy atom. The summed E-state index contributed by atoms with van der Waals surface area (Å²) < 4.78 is 0. The van der Waals surface area contributed by atoms with Crippen molar-refractivity contribution in [2.24, 2.45) is 0 Å². The second-order valence-electron chi connectivity index (χ2n) is 6.33. The molecule has 0 aliphatic heterocycles. The molecule has 0 fully saturated rings. The van der Waals surface area contributed by atoms with E-state index in [9.17, 15) is 0 Å². The van der Waals surface area contributed by atoms with Crippen LogP contribution >= 0.6 is 0 Å². The molecule has 3 aromatic rings. The van der Waals surface area contributed by atoms with Gasteiger partial charge in [0.15, 0.2) is 0 Å². The summed E-state index contributed by atoms with van der Waals surface area (Å²) in [4.78, 5) is 0. The van der Waals surface area contributed by atoms with Crippen LogP contribution in [-0.2, 0) is 0 Å². The Morgan fingerprint density at radius 2 is 1.30 bits per heavy atom. The number of benzene rings is 3. The lowest BCUT2D eigenvalue weighted by atomic mass is 9.98. The Morgan fingerprint density at radius 1 is 0.650 bits per heavy atom. The quantitative estimate of drug-likeness (QED) is 0.574. The lowest BCUT2D eigenvalue weighted by Crippen LogP contribution is -2.39. The zero-order chi connectivity index (χ0) is 14.2. The van der Waals surface area contributed by atoms with Crippen molar-refractivity contribution in [3.05, 3.63) is 66.7 Å². The highest BCUT2D eigenvalue weighted by molar-refractivity contribution is 6.90. The fourth-order valence-electron chi connectivity index (χ4n) is 2.81. The Balaban J connectivity index is 2.41. The SMILES string of the molecule is C[Si](C)(C)c1ccc2ccccc2c1-c1ccccc1. The van der Waals surface area contributed by atoms with Crippen molar-refractivity contribution in [1.82, 2.24) is 0 Å². The first-order valence-electron chi connectivity index (χ1n) is 7.15. The minimum Gasteiger partial charge on any atom is -0.0656 e. The van der Waals surface area contributed by atoms with Gasteiger partial charge in [-0.2, -0.15) is 0 Å². The second kappa shape index (κ2) is 4.91. The van der Waals surface area contributed by atoms with Crippen LogP contribution in [0.25, 0.3) is 21.9 Å². The van der Waals surface area contributed by atoms with Crippen molar-refractivity contribution < 1.29 is 0 Å². The van der Waals surface area contributed by atoms with Crippen molar-refractivity contribution in [2.45, 2.75) is 19.6 Å². The largest absolute Gasteiger partial charge is 0.0784 e. The Hall–Kier alpha value is -1.86. The number of fused-ring (bicyclic) bond motifs is 1. The lowest BCUT2D eigenvalue weighted by Gasteiger charge is -2.23. The van der Waals surface area contributed by atoms with Gasteiger partial charge in [0.05, 0.1) is 8.07 Å². The first-order valence-corrected chi connectivity index (χ1v) is 10.6. The molecule has 1 heteroatoms. The molecule has 0 aromatic heterocycles. The van der Waals surface area contributed by atoms with E-state index >= 15 is 0 Å². The highest BCUT2D eigenvalue weighted by Crippen LogP contribution is 2.29. The van der Waals surface area contributed by atoms with Gasteiger partial charge in [-0.05, 0) is 21.9 Å². The van der Waals surface area contributed by atoms with E-state index in [1.165, 1.54) is 21.9 Å². The van der Waals surface area contributed by atoms with Gasteiger partial charge in [-0.15, -0.1) is 0 Å². The molecule has 0 aliphatic rings. The molecule has 3 rings (SSSR count). The lowest BCUT2D eigenvalue weighted by molar-refractivity contribution is 1.64. The summed E-state index contributed by atoms with van der Waals surface area (Å²) in [6.07, 6.45) is 0. The van der Waals surface area contributed by atoms with E-state index in [1.54, 1.807) is 5.19 Å². The first kappa shape index (κ1) is 13.1. The molecule has 0 bridgehead atoms. The third-order valence-electron chi connectivity index (χ3n) is 3.80. The molecule has 20 heavy (non-hydrogen) atoms. The molecule has 0 saturated carbocycles. The topological polar surface area (TPSA) is 0 Å². The van der Waals surface area contributed by atoms with Crippen LogP contribution in [0, 0.1) is 0 Å². The standard InChI is InChI=1S/C19H20Si/c1-20(2,3)18-14-13-15-9-7-8-12-17(15)19(18)16-10-5-4-6-11-16/h4-14H,1-3H3. The van der Waals surface area contributed by atoms with E-state index in [4.69, 9.17) is 0 Å². The summed E-state index contributed by atoms with van der Waals surface area (Å²) in [5.41, 5.74) is 2.77. The maximum atomic E-state index is 2.42. The second-order valence-corrected chi connectivity index (χ2v) is 11.4. The van der Waals surface area contributed by atoms with Gasteiger partial charge in [0, 0.05) is 0 Å². The molecule has 0 saturated heterocycles. The van der Waals surface area contributed by atoms with E-state index < -0.39 is 8.07 Å². The summed E-state index contributed by atoms with van der Waals surface area (Å²) in [5.74, 6) is 0. The predicted octanol–water partition coefficient (Wildman–Crippen LogP) is 5.05. The van der Waals surface area contributed by atoms with Gasteiger partial charge >= 0.3 is 0 Å². The maximum absolute atomic E-state index is 2.42. The fraction of sp³-hybridized carbons (Fsp3) is 0.158. The minimum atomic E-state index is -1.38. The molecule has 0 spiro atoms. The van der Waals surface area contributed by atoms with E-state index in [-0.39, 0.29) is 0 Å². The number of rotatable bonds is 2. The minimum absolute atomic E-state index is 1.33. The van der Waals surface area contributed by atoms with Gasteiger partial charge in [0.1, 0.15) is 0 Å². The van der Waals surface area contributed by atoms with Crippen LogP contribution in [0.3, 0.4) is 0 Å². The molecule has 0 aliphatic carbocycles. The fourth-order valence-corrected chi connectivity index (χ4v) is 4.42. The van der Waals surface area contributed by atoms with E-state index in [0.29, 0.717) is 0 Å². The Bertz CT molecular complexity index is 737. The zero-order valence-electron chi connectivity index (χ0n) is 12.4. The number of hydrogen-bond donors (Lipinski definition) is 0. The van der Waals surface area contributed by atoms with Crippen molar-refractivity contribution >= 4 is 24.0 Å². The highest BCUT2D eigenvalue weighted by atomic mass is 28.3. The molecule has 0 N–H and O–H groups in total. The normalized spacial score (nSPS) is 11.8. The Labute approximate surface area is 122 Å². The van der Waals surface area contributed by atoms with Gasteiger partial charge in [-0.1, -0.05) is 91.6 Å². The van der Waals surface area contributed by atoms with E-state index in [0.717, 1.165) is 0 Å². The van der Waals surface area contributed by atoms with Crippen LogP contribution in [0.5, 0.6) is 0 Å². The van der Waals surface area contributed by atoms with Crippen LogP contribution in [0.15, 0.2) is 66.7 Å². The van der Waals surface area contributed by atoms with Gasteiger partial charge in [-0.3, -0.25) is 0 Å². The number of hydrogen-bond acceptors (Lipinski definition) is 0. The Kier molecular flexibility index (Phi) is 3.23. The molecule has 0 heterocycles. The van der Waals surface area contributed by atoms with Gasteiger partial charge < -0.3 is 0 Å². The van der Waals surface area contributed by atoms with Gasteiger partial charge in [0.25, 0.3) is 0 Å². The summed E-state index contributed by atoms with van der Waals surface area (Å²) in [7, 11) is -1.38. The summed E-state index contributed by atoms with van der Waals surface area (Å²) in [5, 5.41) is 4.24. The van der Waals surface area contributed by atoms with Crippen LogP contribution in [0.4, 0.5) is 0 Å². The van der Waals surface area contributed by atoms with Crippen molar-refractivity contribution in [3.63, 3.8) is 0 Å². The third-order valence-corrected chi connectivity index (χ3v) is 5.83. The van der Waals surface area contributed by atoms with Crippen LogP contribution < -0.4 is 5.19 Å². The summed E-state index contributed by atoms with van der Waals surface area (Å²) in [6.45, 7) is 7.26. The monoisotopic (exact) mass is 276 g/mol. The van der Waals surface area contributed by atoms with Crippen molar-refractivity contribution in [1.29, 1.82) is 0 Å². The molecule has 100 valence electrons. The summed E-state index contributed by atoms with van der Waals surface area (Å²) >= 11 is 0.